The maximum Gasteiger partial charge on any atom is 0.193 e. The van der Waals surface area contributed by atoms with Crippen LogP contribution in [0.2, 0.25) is 0 Å². The molecule has 2 rings (SSSR count). The third-order valence-electron chi connectivity index (χ3n) is 3.28. The van der Waals surface area contributed by atoms with Crippen LogP contribution < -0.4 is 15.8 Å². The van der Waals surface area contributed by atoms with Crippen molar-refractivity contribution in [1.82, 2.24) is 4.90 Å². The molecule has 0 aliphatic heterocycles. The molecule has 2 aromatic rings. The fourth-order valence-corrected chi connectivity index (χ4v) is 2.23. The van der Waals surface area contributed by atoms with E-state index in [1.165, 1.54) is 5.56 Å². The number of nitrogens with zero attached hydrogens (tertiary/aromatic N) is 2. The molecule has 0 spiro atoms. The Balaban J connectivity index is 1.95. The lowest BCUT2D eigenvalue weighted by Gasteiger charge is -2.10. The Bertz CT molecular complexity index is 650. The normalized spacial score (nSPS) is 11.6. The number of nitrogens with one attached hydrogen (secondary N) is 1. The number of aliphatic imine (C=N–C) groups is 1. The number of hydrogen-bond acceptors (Lipinski definition) is 3. The van der Waals surface area contributed by atoms with Gasteiger partial charge in [-0.25, -0.2) is 4.99 Å². The van der Waals surface area contributed by atoms with E-state index in [1.807, 2.05) is 24.3 Å². The van der Waals surface area contributed by atoms with Gasteiger partial charge in [0.05, 0.1) is 13.7 Å². The van der Waals surface area contributed by atoms with Crippen molar-refractivity contribution >= 4 is 11.6 Å². The monoisotopic (exact) mass is 312 g/mol. The van der Waals surface area contributed by atoms with Gasteiger partial charge in [-0.2, -0.15) is 0 Å². The van der Waals surface area contributed by atoms with Crippen LogP contribution in [0.25, 0.3) is 0 Å². The van der Waals surface area contributed by atoms with Gasteiger partial charge in [0.25, 0.3) is 0 Å². The van der Waals surface area contributed by atoms with Crippen LogP contribution in [-0.4, -0.2) is 32.1 Å². The molecule has 0 aliphatic carbocycles. The second kappa shape index (κ2) is 8.19. The summed E-state index contributed by atoms with van der Waals surface area (Å²) in [5.41, 5.74) is 9.24. The van der Waals surface area contributed by atoms with Crippen molar-refractivity contribution in [3.05, 3.63) is 59.7 Å². The van der Waals surface area contributed by atoms with Crippen LogP contribution in [0, 0.1) is 0 Å². The van der Waals surface area contributed by atoms with Crippen molar-refractivity contribution in [2.45, 2.75) is 13.1 Å². The van der Waals surface area contributed by atoms with E-state index in [4.69, 9.17) is 10.5 Å². The summed E-state index contributed by atoms with van der Waals surface area (Å²) in [6.45, 7) is 1.47. The molecular formula is C18H24N4O. The molecule has 2 aromatic carbocycles. The van der Waals surface area contributed by atoms with Crippen LogP contribution >= 0.6 is 0 Å². The van der Waals surface area contributed by atoms with Crippen LogP contribution in [0.1, 0.15) is 11.1 Å². The first-order valence-corrected chi connectivity index (χ1v) is 7.50. The maximum atomic E-state index is 5.94. The van der Waals surface area contributed by atoms with Crippen LogP contribution in [0.4, 0.5) is 5.69 Å². The molecule has 0 heterocycles. The van der Waals surface area contributed by atoms with E-state index < -0.39 is 0 Å². The first kappa shape index (κ1) is 16.8. The molecule has 122 valence electrons. The Morgan fingerprint density at radius 2 is 1.83 bits per heavy atom. The Labute approximate surface area is 137 Å². The largest absolute Gasteiger partial charge is 0.497 e. The molecule has 23 heavy (non-hydrogen) atoms. The highest BCUT2D eigenvalue weighted by molar-refractivity contribution is 5.92. The summed E-state index contributed by atoms with van der Waals surface area (Å²) in [7, 11) is 5.76. The van der Waals surface area contributed by atoms with E-state index >= 15 is 0 Å². The fraction of sp³-hybridized carbons (Fsp3) is 0.278. The van der Waals surface area contributed by atoms with Crippen LogP contribution in [-0.2, 0) is 13.1 Å². The van der Waals surface area contributed by atoms with Crippen LogP contribution in [0.5, 0.6) is 5.75 Å². The topological polar surface area (TPSA) is 62.9 Å². The summed E-state index contributed by atoms with van der Waals surface area (Å²) >= 11 is 0. The number of methoxy groups -OCH3 is 1. The average Bonchev–Trinajstić information content (AvgIpc) is 2.53. The standard InChI is InChI=1S/C18H24N4O/c1-22(2)13-15-6-4-5-14(11-15)12-20-18(19)21-16-7-9-17(23-3)10-8-16/h4-11H,12-13H2,1-3H3,(H3,19,20,21). The van der Waals surface area contributed by atoms with Crippen molar-refractivity contribution < 1.29 is 4.74 Å². The number of rotatable bonds is 6. The third kappa shape index (κ3) is 5.64. The lowest BCUT2D eigenvalue weighted by molar-refractivity contribution is 0.402. The van der Waals surface area contributed by atoms with Crippen molar-refractivity contribution in [2.75, 3.05) is 26.5 Å². The quantitative estimate of drug-likeness (QED) is 0.636. The second-order valence-electron chi connectivity index (χ2n) is 5.61. The molecule has 5 nitrogen and oxygen atoms in total. The average molecular weight is 312 g/mol. The van der Waals surface area contributed by atoms with Crippen molar-refractivity contribution in [2.24, 2.45) is 10.7 Å². The zero-order valence-corrected chi connectivity index (χ0v) is 13.9. The van der Waals surface area contributed by atoms with E-state index in [0.717, 1.165) is 23.5 Å². The van der Waals surface area contributed by atoms with Gasteiger partial charge in [0.1, 0.15) is 5.75 Å². The summed E-state index contributed by atoms with van der Waals surface area (Å²) in [4.78, 5) is 6.53. The Morgan fingerprint density at radius 1 is 1.13 bits per heavy atom. The van der Waals surface area contributed by atoms with Crippen LogP contribution in [0.3, 0.4) is 0 Å². The molecule has 0 aliphatic rings. The minimum Gasteiger partial charge on any atom is -0.497 e. The first-order chi connectivity index (χ1) is 11.1. The zero-order valence-electron chi connectivity index (χ0n) is 13.9. The number of benzene rings is 2. The van der Waals surface area contributed by atoms with E-state index in [-0.39, 0.29) is 0 Å². The highest BCUT2D eigenvalue weighted by atomic mass is 16.5. The molecule has 0 atom stereocenters. The lowest BCUT2D eigenvalue weighted by atomic mass is 10.1. The number of nitrogens with two attached hydrogens (primary N) is 1. The third-order valence-corrected chi connectivity index (χ3v) is 3.28. The first-order valence-electron chi connectivity index (χ1n) is 7.50. The molecule has 0 saturated carbocycles. The van der Waals surface area contributed by atoms with Gasteiger partial charge in [0.2, 0.25) is 0 Å². The van der Waals surface area contributed by atoms with E-state index in [9.17, 15) is 0 Å². The predicted octanol–water partition coefficient (Wildman–Crippen LogP) is 2.68. The molecule has 0 aromatic heterocycles. The van der Waals surface area contributed by atoms with Gasteiger partial charge in [-0.15, -0.1) is 0 Å². The SMILES string of the molecule is COc1ccc(NC(N)=NCc2cccc(CN(C)C)c2)cc1. The van der Waals surface area contributed by atoms with E-state index in [2.05, 4.69) is 53.6 Å². The Kier molecular flexibility index (Phi) is 6.00. The fourth-order valence-electron chi connectivity index (χ4n) is 2.23. The maximum absolute atomic E-state index is 5.94. The molecule has 0 saturated heterocycles. The van der Waals surface area contributed by atoms with Crippen LogP contribution in [0.15, 0.2) is 53.5 Å². The summed E-state index contributed by atoms with van der Waals surface area (Å²) in [5, 5.41) is 3.07. The van der Waals surface area contributed by atoms with Crippen molar-refractivity contribution in [3.8, 4) is 5.75 Å². The van der Waals surface area contributed by atoms with E-state index in [1.54, 1.807) is 7.11 Å². The molecular weight excluding hydrogens is 288 g/mol. The number of ether oxygens (including phenoxy) is 1. The Morgan fingerprint density at radius 3 is 2.48 bits per heavy atom. The highest BCUT2D eigenvalue weighted by Crippen LogP contribution is 2.14. The molecule has 5 heteroatoms. The van der Waals surface area contributed by atoms with Gasteiger partial charge in [0, 0.05) is 12.2 Å². The summed E-state index contributed by atoms with van der Waals surface area (Å²) < 4.78 is 5.13. The van der Waals surface area contributed by atoms with Crippen molar-refractivity contribution in [1.29, 1.82) is 0 Å². The van der Waals surface area contributed by atoms with E-state index in [0.29, 0.717) is 12.5 Å². The van der Waals surface area contributed by atoms with Gasteiger partial charge in [-0.05, 0) is 49.5 Å². The van der Waals surface area contributed by atoms with Gasteiger partial charge in [-0.1, -0.05) is 24.3 Å². The minimum absolute atomic E-state index is 0.396. The number of hydrogen-bond donors (Lipinski definition) is 2. The zero-order chi connectivity index (χ0) is 16.7. The smallest absolute Gasteiger partial charge is 0.193 e. The molecule has 0 bridgehead atoms. The van der Waals surface area contributed by atoms with Gasteiger partial charge in [0.15, 0.2) is 5.96 Å². The summed E-state index contributed by atoms with van der Waals surface area (Å²) in [6.07, 6.45) is 0. The van der Waals surface area contributed by atoms with Gasteiger partial charge < -0.3 is 20.7 Å². The minimum atomic E-state index is 0.396. The summed E-state index contributed by atoms with van der Waals surface area (Å²) in [6, 6.07) is 15.9. The molecule has 3 N–H and O–H groups in total. The van der Waals surface area contributed by atoms with Gasteiger partial charge in [-0.3, -0.25) is 0 Å². The molecule has 0 fully saturated rings. The van der Waals surface area contributed by atoms with Gasteiger partial charge >= 0.3 is 0 Å². The highest BCUT2D eigenvalue weighted by Gasteiger charge is 1.99. The predicted molar refractivity (Wildman–Crippen MR) is 95.8 cm³/mol. The molecule has 0 radical (unpaired) electrons. The molecule has 0 unspecified atom stereocenters. The van der Waals surface area contributed by atoms with Crippen molar-refractivity contribution in [3.63, 3.8) is 0 Å². The second-order valence-corrected chi connectivity index (χ2v) is 5.61. The lowest BCUT2D eigenvalue weighted by Crippen LogP contribution is -2.22. The molecule has 0 amide bonds. The number of guanidine groups is 1. The summed E-state index contributed by atoms with van der Waals surface area (Å²) in [5.74, 6) is 1.21. The number of anilines is 1. The Hall–Kier alpha value is -2.53.